The van der Waals surface area contributed by atoms with Gasteiger partial charge >= 0.3 is 0 Å². The van der Waals surface area contributed by atoms with Crippen LogP contribution >= 0.6 is 0 Å². The Morgan fingerprint density at radius 3 is 2.54 bits per heavy atom. The highest BCUT2D eigenvalue weighted by atomic mass is 16.5. The van der Waals surface area contributed by atoms with Crippen molar-refractivity contribution in [3.63, 3.8) is 0 Å². The van der Waals surface area contributed by atoms with E-state index in [1.54, 1.807) is 7.11 Å². The fraction of sp³-hybridized carbons (Fsp3) is 0.857. The molecule has 3 aliphatic carbocycles. The van der Waals surface area contributed by atoms with Gasteiger partial charge in [0.2, 0.25) is 0 Å². The molecule has 1 heterocycles. The minimum Gasteiger partial charge on any atom is -0.392 e. The van der Waals surface area contributed by atoms with Gasteiger partial charge in [0, 0.05) is 24.9 Å². The van der Waals surface area contributed by atoms with E-state index in [9.17, 15) is 15.0 Å². The lowest BCUT2D eigenvalue weighted by Gasteiger charge is -2.62. The Balaban J connectivity index is 1.92. The van der Waals surface area contributed by atoms with E-state index >= 15 is 0 Å². The largest absolute Gasteiger partial charge is 0.392 e. The molecule has 4 aliphatic rings. The number of aliphatic hydroxyl groups excluding tert-OH is 1. The third-order valence-electron chi connectivity index (χ3n) is 8.45. The van der Waals surface area contributed by atoms with E-state index < -0.39 is 28.6 Å². The molecule has 4 rings (SSSR count). The molecule has 2 bridgehead atoms. The first-order valence-electron chi connectivity index (χ1n) is 9.87. The van der Waals surface area contributed by atoms with Crippen LogP contribution in [-0.2, 0) is 14.3 Å². The van der Waals surface area contributed by atoms with Gasteiger partial charge in [0.25, 0.3) is 0 Å². The number of ketones is 1. The van der Waals surface area contributed by atoms with Gasteiger partial charge in [-0.15, -0.1) is 0 Å². The zero-order chi connectivity index (χ0) is 19.1. The summed E-state index contributed by atoms with van der Waals surface area (Å²) in [4.78, 5) is 13.8. The first kappa shape index (κ1) is 18.6. The minimum absolute atomic E-state index is 0.00310. The minimum atomic E-state index is -0.918. The van der Waals surface area contributed by atoms with Crippen molar-refractivity contribution in [1.29, 1.82) is 0 Å². The Hall–Kier alpha value is -0.750. The summed E-state index contributed by atoms with van der Waals surface area (Å²) >= 11 is 0. The van der Waals surface area contributed by atoms with Gasteiger partial charge in [-0.1, -0.05) is 19.4 Å². The Morgan fingerprint density at radius 1 is 1.27 bits per heavy atom. The third-order valence-corrected chi connectivity index (χ3v) is 8.45. The predicted octanol–water partition coefficient (Wildman–Crippen LogP) is 2.24. The SMILES string of the molecule is COC1C(=O)C2(C)C(O)CC3OCC3C2CC2(O)CCC(C)=C1C2(C)C. The van der Waals surface area contributed by atoms with Crippen molar-refractivity contribution in [3.05, 3.63) is 11.1 Å². The molecule has 2 saturated carbocycles. The number of aliphatic hydroxyl groups is 2. The van der Waals surface area contributed by atoms with E-state index in [1.165, 1.54) is 0 Å². The van der Waals surface area contributed by atoms with E-state index in [0.717, 1.165) is 17.6 Å². The summed E-state index contributed by atoms with van der Waals surface area (Å²) in [5, 5.41) is 22.8. The summed E-state index contributed by atoms with van der Waals surface area (Å²) in [5.74, 6) is 0.0897. The van der Waals surface area contributed by atoms with Gasteiger partial charge in [-0.05, 0) is 44.6 Å². The molecule has 0 amide bonds. The number of Topliss-reactive ketones (excluding diaryl/α,β-unsaturated/α-hetero) is 1. The van der Waals surface area contributed by atoms with Crippen LogP contribution in [0.3, 0.4) is 0 Å². The maximum Gasteiger partial charge on any atom is 0.174 e. The molecule has 1 aliphatic heterocycles. The first-order valence-corrected chi connectivity index (χ1v) is 9.87. The maximum absolute atomic E-state index is 13.8. The van der Waals surface area contributed by atoms with Crippen molar-refractivity contribution in [1.82, 2.24) is 0 Å². The molecule has 146 valence electrons. The summed E-state index contributed by atoms with van der Waals surface area (Å²) < 4.78 is 11.4. The number of carbonyl (C=O) groups excluding carboxylic acids is 1. The number of hydrogen-bond donors (Lipinski definition) is 2. The molecule has 0 aromatic heterocycles. The lowest BCUT2D eigenvalue weighted by Crippen LogP contribution is -2.68. The second-order valence-corrected chi connectivity index (χ2v) is 9.71. The number of methoxy groups -OCH3 is 1. The molecule has 5 heteroatoms. The Morgan fingerprint density at radius 2 is 1.96 bits per heavy atom. The van der Waals surface area contributed by atoms with Crippen LogP contribution in [0.5, 0.6) is 0 Å². The lowest BCUT2D eigenvalue weighted by atomic mass is 9.47. The van der Waals surface area contributed by atoms with Crippen molar-refractivity contribution in [2.75, 3.05) is 13.7 Å². The van der Waals surface area contributed by atoms with Crippen LogP contribution in [0.15, 0.2) is 11.1 Å². The van der Waals surface area contributed by atoms with Gasteiger partial charge in [-0.3, -0.25) is 4.79 Å². The number of carbonyl (C=O) groups is 1. The summed E-state index contributed by atoms with van der Waals surface area (Å²) in [6, 6.07) is 0. The number of fused-ring (bicyclic) bond motifs is 5. The van der Waals surface area contributed by atoms with Crippen LogP contribution in [0.25, 0.3) is 0 Å². The molecular formula is C21H32O5. The molecule has 5 nitrogen and oxygen atoms in total. The van der Waals surface area contributed by atoms with Crippen molar-refractivity contribution in [2.24, 2.45) is 22.7 Å². The van der Waals surface area contributed by atoms with Crippen LogP contribution in [-0.4, -0.2) is 53.6 Å². The van der Waals surface area contributed by atoms with Crippen LogP contribution in [0, 0.1) is 22.7 Å². The summed E-state index contributed by atoms with van der Waals surface area (Å²) in [7, 11) is 1.57. The van der Waals surface area contributed by atoms with Crippen molar-refractivity contribution < 1.29 is 24.5 Å². The molecule has 7 unspecified atom stereocenters. The highest BCUT2D eigenvalue weighted by Crippen LogP contribution is 2.61. The van der Waals surface area contributed by atoms with E-state index in [1.807, 2.05) is 27.7 Å². The Kier molecular flexibility index (Phi) is 4.03. The molecular weight excluding hydrogens is 332 g/mol. The molecule has 7 atom stereocenters. The van der Waals surface area contributed by atoms with Gasteiger partial charge in [-0.25, -0.2) is 0 Å². The Bertz CT molecular complexity index is 667. The highest BCUT2D eigenvalue weighted by molar-refractivity contribution is 5.93. The van der Waals surface area contributed by atoms with Gasteiger partial charge in [0.15, 0.2) is 5.78 Å². The van der Waals surface area contributed by atoms with E-state index in [2.05, 4.69) is 0 Å². The number of ether oxygens (including phenoxy) is 2. The predicted molar refractivity (Wildman–Crippen MR) is 96.5 cm³/mol. The molecule has 1 saturated heterocycles. The number of allylic oxidation sites excluding steroid dienone is 1. The van der Waals surface area contributed by atoms with Crippen molar-refractivity contribution in [3.8, 4) is 0 Å². The highest BCUT2D eigenvalue weighted by Gasteiger charge is 2.66. The zero-order valence-corrected chi connectivity index (χ0v) is 16.5. The number of hydrogen-bond acceptors (Lipinski definition) is 5. The van der Waals surface area contributed by atoms with Gasteiger partial charge < -0.3 is 19.7 Å². The zero-order valence-electron chi connectivity index (χ0n) is 16.5. The molecule has 0 aromatic rings. The quantitative estimate of drug-likeness (QED) is 0.698. The van der Waals surface area contributed by atoms with Gasteiger partial charge in [-0.2, -0.15) is 0 Å². The molecule has 26 heavy (non-hydrogen) atoms. The summed E-state index contributed by atoms with van der Waals surface area (Å²) in [5.41, 5.74) is -0.327. The van der Waals surface area contributed by atoms with Crippen LogP contribution < -0.4 is 0 Å². The fourth-order valence-electron chi connectivity index (χ4n) is 6.37. The van der Waals surface area contributed by atoms with Crippen LogP contribution in [0.4, 0.5) is 0 Å². The van der Waals surface area contributed by atoms with Gasteiger partial charge in [0.1, 0.15) is 6.10 Å². The summed E-state index contributed by atoms with van der Waals surface area (Å²) in [6.45, 7) is 8.63. The monoisotopic (exact) mass is 364 g/mol. The van der Waals surface area contributed by atoms with Crippen LogP contribution in [0.1, 0.15) is 53.4 Å². The lowest BCUT2D eigenvalue weighted by molar-refractivity contribution is -0.242. The normalized spacial score (nSPS) is 50.3. The topological polar surface area (TPSA) is 76.0 Å². The third kappa shape index (κ3) is 2.09. The van der Waals surface area contributed by atoms with Crippen molar-refractivity contribution >= 4 is 5.78 Å². The fourth-order valence-corrected chi connectivity index (χ4v) is 6.37. The van der Waals surface area contributed by atoms with E-state index in [4.69, 9.17) is 9.47 Å². The smallest absolute Gasteiger partial charge is 0.174 e. The van der Waals surface area contributed by atoms with Crippen LogP contribution in [0.2, 0.25) is 0 Å². The molecule has 0 spiro atoms. The average Bonchev–Trinajstić information content (AvgIpc) is 2.55. The average molecular weight is 364 g/mol. The standard InChI is InChI=1S/C21H32O5/c1-11-6-7-21(24)9-13-12-10-26-14(12)8-15(22)20(13,4)18(23)17(25-5)16(11)19(21,2)3/h12-15,17,22,24H,6-10H2,1-5H3. The second-order valence-electron chi connectivity index (χ2n) is 9.71. The molecule has 0 aromatic carbocycles. The molecule has 2 N–H and O–H groups in total. The number of rotatable bonds is 1. The van der Waals surface area contributed by atoms with Gasteiger partial charge in [0.05, 0.1) is 29.8 Å². The van der Waals surface area contributed by atoms with E-state index in [-0.39, 0.29) is 23.7 Å². The molecule has 3 fully saturated rings. The summed E-state index contributed by atoms with van der Waals surface area (Å²) in [6.07, 6.45) is 0.988. The van der Waals surface area contributed by atoms with Crippen molar-refractivity contribution in [2.45, 2.75) is 77.3 Å². The van der Waals surface area contributed by atoms with E-state index in [0.29, 0.717) is 25.9 Å². The maximum atomic E-state index is 13.8. The Labute approximate surface area is 155 Å². The second kappa shape index (κ2) is 5.63. The first-order chi connectivity index (χ1) is 12.1. The molecule has 0 radical (unpaired) electrons.